The maximum atomic E-state index is 12.4. The average Bonchev–Trinajstić information content (AvgIpc) is 2.49. The van der Waals surface area contributed by atoms with Gasteiger partial charge in [-0.2, -0.15) is 0 Å². The summed E-state index contributed by atoms with van der Waals surface area (Å²) >= 11 is 6.12. The molecule has 1 aromatic rings. The number of hydrogen-bond acceptors (Lipinski definition) is 2. The van der Waals surface area contributed by atoms with Gasteiger partial charge in [-0.1, -0.05) is 17.7 Å². The predicted molar refractivity (Wildman–Crippen MR) is 93.7 cm³/mol. The second kappa shape index (κ2) is 5.78. The quantitative estimate of drug-likeness (QED) is 0.869. The summed E-state index contributed by atoms with van der Waals surface area (Å²) in [5, 5.41) is 7.33. The lowest BCUT2D eigenvalue weighted by molar-refractivity contribution is -0.116. The molecule has 4 bridgehead atoms. The summed E-state index contributed by atoms with van der Waals surface area (Å²) in [6.07, 6.45) is 8.08. The highest BCUT2D eigenvalue weighted by Gasteiger charge is 2.50. The van der Waals surface area contributed by atoms with Crippen molar-refractivity contribution < 1.29 is 4.79 Å². The summed E-state index contributed by atoms with van der Waals surface area (Å²) in [7, 11) is 0. The lowest BCUT2D eigenvalue weighted by atomic mass is 9.53. The number of hydrogen-bond donors (Lipinski definition) is 2. The van der Waals surface area contributed by atoms with E-state index in [0.717, 1.165) is 29.0 Å². The van der Waals surface area contributed by atoms with E-state index in [1.807, 2.05) is 25.1 Å². The first-order valence-electron chi connectivity index (χ1n) is 8.83. The monoisotopic (exact) mass is 332 g/mol. The SMILES string of the molecule is Cc1c(Cl)cccc1NC(=O)CNC12CC3CC(CC(C3)C1)C2. The fraction of sp³-hybridized carbons (Fsp3) is 0.632. The fourth-order valence-corrected chi connectivity index (χ4v) is 5.71. The molecule has 1 aromatic carbocycles. The molecule has 0 aromatic heterocycles. The maximum absolute atomic E-state index is 12.4. The van der Waals surface area contributed by atoms with E-state index in [1.165, 1.54) is 38.5 Å². The molecule has 0 radical (unpaired) electrons. The first-order chi connectivity index (χ1) is 11.0. The van der Waals surface area contributed by atoms with Gasteiger partial charge < -0.3 is 10.6 Å². The van der Waals surface area contributed by atoms with Crippen molar-refractivity contribution in [2.75, 3.05) is 11.9 Å². The Balaban J connectivity index is 1.37. The number of halogens is 1. The molecule has 0 saturated heterocycles. The molecule has 4 aliphatic carbocycles. The van der Waals surface area contributed by atoms with Gasteiger partial charge in [0.05, 0.1) is 6.54 Å². The summed E-state index contributed by atoms with van der Waals surface area (Å²) in [5.41, 5.74) is 1.97. The smallest absolute Gasteiger partial charge is 0.238 e. The molecular weight excluding hydrogens is 308 g/mol. The van der Waals surface area contributed by atoms with Crippen LogP contribution in [0.3, 0.4) is 0 Å². The first-order valence-corrected chi connectivity index (χ1v) is 9.21. The van der Waals surface area contributed by atoms with Crippen LogP contribution in [0, 0.1) is 24.7 Å². The van der Waals surface area contributed by atoms with Crippen molar-refractivity contribution in [2.24, 2.45) is 17.8 Å². The van der Waals surface area contributed by atoms with Crippen LogP contribution in [-0.2, 0) is 4.79 Å². The zero-order chi connectivity index (χ0) is 16.0. The molecule has 0 heterocycles. The highest BCUT2D eigenvalue weighted by atomic mass is 35.5. The van der Waals surface area contributed by atoms with E-state index in [-0.39, 0.29) is 11.4 Å². The molecule has 0 spiro atoms. The van der Waals surface area contributed by atoms with Crippen LogP contribution >= 0.6 is 11.6 Å². The third-order valence-corrected chi connectivity index (χ3v) is 6.61. The van der Waals surface area contributed by atoms with E-state index in [1.54, 1.807) is 0 Å². The lowest BCUT2D eigenvalue weighted by Gasteiger charge is -2.57. The van der Waals surface area contributed by atoms with E-state index >= 15 is 0 Å². The number of rotatable bonds is 4. The molecule has 4 saturated carbocycles. The Kier molecular flexibility index (Phi) is 3.89. The minimum Gasteiger partial charge on any atom is -0.325 e. The molecule has 3 nitrogen and oxygen atoms in total. The Morgan fingerprint density at radius 2 is 1.78 bits per heavy atom. The third-order valence-electron chi connectivity index (χ3n) is 6.20. The van der Waals surface area contributed by atoms with Crippen molar-refractivity contribution in [3.63, 3.8) is 0 Å². The van der Waals surface area contributed by atoms with Gasteiger partial charge >= 0.3 is 0 Å². The summed E-state index contributed by atoms with van der Waals surface area (Å²) in [6, 6.07) is 5.63. The van der Waals surface area contributed by atoms with E-state index < -0.39 is 0 Å². The van der Waals surface area contributed by atoms with Gasteiger partial charge in [-0.15, -0.1) is 0 Å². The Morgan fingerprint density at radius 3 is 2.39 bits per heavy atom. The molecule has 0 atom stereocenters. The molecule has 5 rings (SSSR count). The van der Waals surface area contributed by atoms with Crippen LogP contribution in [0.25, 0.3) is 0 Å². The second-order valence-corrected chi connectivity index (χ2v) is 8.42. The van der Waals surface area contributed by atoms with Crippen LogP contribution in [0.1, 0.15) is 44.1 Å². The molecule has 0 aliphatic heterocycles. The highest BCUT2D eigenvalue weighted by Crippen LogP contribution is 2.55. The summed E-state index contributed by atoms with van der Waals surface area (Å²) in [5.74, 6) is 2.72. The van der Waals surface area contributed by atoms with E-state index in [0.29, 0.717) is 11.6 Å². The highest BCUT2D eigenvalue weighted by molar-refractivity contribution is 6.31. The van der Waals surface area contributed by atoms with Crippen LogP contribution in [0.5, 0.6) is 0 Å². The summed E-state index contributed by atoms with van der Waals surface area (Å²) < 4.78 is 0. The molecule has 4 aliphatic rings. The summed E-state index contributed by atoms with van der Waals surface area (Å²) in [6.45, 7) is 2.34. The van der Waals surface area contributed by atoms with Crippen molar-refractivity contribution in [1.29, 1.82) is 0 Å². The molecule has 1 amide bonds. The number of anilines is 1. The van der Waals surface area contributed by atoms with Gasteiger partial charge in [-0.3, -0.25) is 4.79 Å². The Morgan fingerprint density at radius 1 is 1.17 bits per heavy atom. The number of carbonyl (C=O) groups is 1. The zero-order valence-electron chi connectivity index (χ0n) is 13.7. The number of amides is 1. The molecule has 2 N–H and O–H groups in total. The van der Waals surface area contributed by atoms with Crippen molar-refractivity contribution >= 4 is 23.2 Å². The van der Waals surface area contributed by atoms with Gasteiger partial charge in [0.25, 0.3) is 0 Å². The number of benzene rings is 1. The predicted octanol–water partition coefficient (Wildman–Crippen LogP) is 4.15. The topological polar surface area (TPSA) is 41.1 Å². The van der Waals surface area contributed by atoms with Crippen LogP contribution in [-0.4, -0.2) is 18.0 Å². The van der Waals surface area contributed by atoms with Crippen molar-refractivity contribution in [2.45, 2.75) is 51.0 Å². The first kappa shape index (κ1) is 15.5. The van der Waals surface area contributed by atoms with Gasteiger partial charge in [0, 0.05) is 16.2 Å². The molecule has 4 fully saturated rings. The molecule has 0 unspecified atom stereocenters. The van der Waals surface area contributed by atoms with Crippen molar-refractivity contribution in [1.82, 2.24) is 5.32 Å². The Bertz CT molecular complexity index is 593. The Labute approximate surface area is 143 Å². The van der Waals surface area contributed by atoms with Crippen LogP contribution in [0.4, 0.5) is 5.69 Å². The minimum atomic E-state index is 0.0334. The van der Waals surface area contributed by atoms with Gasteiger partial charge in [0.15, 0.2) is 0 Å². The van der Waals surface area contributed by atoms with Gasteiger partial charge in [0.2, 0.25) is 5.91 Å². The van der Waals surface area contributed by atoms with Crippen LogP contribution in [0.2, 0.25) is 5.02 Å². The van der Waals surface area contributed by atoms with Crippen molar-refractivity contribution in [3.8, 4) is 0 Å². The van der Waals surface area contributed by atoms with Crippen LogP contribution in [0.15, 0.2) is 18.2 Å². The standard InChI is InChI=1S/C19H25ClN2O/c1-12-16(20)3-2-4-17(12)22-18(23)11-21-19-8-13-5-14(9-19)7-15(6-13)10-19/h2-4,13-15,21H,5-11H2,1H3,(H,22,23). The third kappa shape index (κ3) is 3.01. The van der Waals surface area contributed by atoms with Crippen molar-refractivity contribution in [3.05, 3.63) is 28.8 Å². The number of carbonyl (C=O) groups excluding carboxylic acids is 1. The summed E-state index contributed by atoms with van der Waals surface area (Å²) in [4.78, 5) is 12.4. The van der Waals surface area contributed by atoms with Crippen LogP contribution < -0.4 is 10.6 Å². The zero-order valence-corrected chi connectivity index (χ0v) is 14.5. The maximum Gasteiger partial charge on any atom is 0.238 e. The average molecular weight is 333 g/mol. The molecule has 124 valence electrons. The normalized spacial score (nSPS) is 34.6. The number of nitrogens with one attached hydrogen (secondary N) is 2. The van der Waals surface area contributed by atoms with E-state index in [9.17, 15) is 4.79 Å². The molecular formula is C19H25ClN2O. The van der Waals surface area contributed by atoms with Gasteiger partial charge in [-0.25, -0.2) is 0 Å². The fourth-order valence-electron chi connectivity index (χ4n) is 5.53. The second-order valence-electron chi connectivity index (χ2n) is 8.01. The lowest BCUT2D eigenvalue weighted by Crippen LogP contribution is -2.59. The van der Waals surface area contributed by atoms with Gasteiger partial charge in [0.1, 0.15) is 0 Å². The largest absolute Gasteiger partial charge is 0.325 e. The minimum absolute atomic E-state index is 0.0334. The van der Waals surface area contributed by atoms with Gasteiger partial charge in [-0.05, 0) is 80.9 Å². The van der Waals surface area contributed by atoms with E-state index in [4.69, 9.17) is 11.6 Å². The Hall–Kier alpha value is -1.06. The molecule has 23 heavy (non-hydrogen) atoms. The van der Waals surface area contributed by atoms with E-state index in [2.05, 4.69) is 10.6 Å². The molecule has 4 heteroatoms.